The summed E-state index contributed by atoms with van der Waals surface area (Å²) in [5.41, 5.74) is 6.62. The van der Waals surface area contributed by atoms with Gasteiger partial charge in [-0.1, -0.05) is 31.5 Å². The predicted octanol–water partition coefficient (Wildman–Crippen LogP) is 2.74. The van der Waals surface area contributed by atoms with Gasteiger partial charge in [0, 0.05) is 5.39 Å². The molecule has 4 nitrogen and oxygen atoms in total. The molecule has 2 atom stereocenters. The lowest BCUT2D eigenvalue weighted by Gasteiger charge is -2.15. The molecule has 0 bridgehead atoms. The third-order valence-electron chi connectivity index (χ3n) is 3.17. The molecule has 2 rings (SSSR count). The van der Waals surface area contributed by atoms with Gasteiger partial charge in [0.15, 0.2) is 0 Å². The van der Waals surface area contributed by atoms with E-state index >= 15 is 0 Å². The monoisotopic (exact) mass is 260 g/mol. The highest BCUT2D eigenvalue weighted by molar-refractivity contribution is 5.82. The van der Waals surface area contributed by atoms with Gasteiger partial charge in [-0.25, -0.2) is 0 Å². The minimum absolute atomic E-state index is 0.130. The highest BCUT2D eigenvalue weighted by Gasteiger charge is 2.18. The fourth-order valence-electron chi connectivity index (χ4n) is 2.05. The molecule has 19 heavy (non-hydrogen) atoms. The molecule has 0 aliphatic carbocycles. The summed E-state index contributed by atoms with van der Waals surface area (Å²) >= 11 is 0. The van der Waals surface area contributed by atoms with Crippen molar-refractivity contribution in [3.05, 3.63) is 36.1 Å². The molecule has 1 aromatic carbocycles. The zero-order valence-electron chi connectivity index (χ0n) is 11.3. The molecule has 2 aromatic rings. The van der Waals surface area contributed by atoms with Crippen LogP contribution in [0.2, 0.25) is 0 Å². The van der Waals surface area contributed by atoms with Crippen LogP contribution in [0.3, 0.4) is 0 Å². The Morgan fingerprint density at radius 3 is 2.84 bits per heavy atom. The van der Waals surface area contributed by atoms with E-state index in [2.05, 4.69) is 5.32 Å². The largest absolute Gasteiger partial charge is 0.459 e. The highest BCUT2D eigenvalue weighted by Crippen LogP contribution is 2.23. The molecule has 0 aliphatic rings. The quantitative estimate of drug-likeness (QED) is 0.868. The second-order valence-electron chi connectivity index (χ2n) is 4.81. The van der Waals surface area contributed by atoms with Crippen molar-refractivity contribution in [3.8, 4) is 0 Å². The second kappa shape index (κ2) is 5.89. The molecule has 4 heteroatoms. The lowest BCUT2D eigenvalue weighted by molar-refractivity contribution is -0.123. The molecular formula is C15H20N2O2. The van der Waals surface area contributed by atoms with Crippen molar-refractivity contribution in [2.75, 3.05) is 0 Å². The van der Waals surface area contributed by atoms with Gasteiger partial charge in [0.25, 0.3) is 0 Å². The summed E-state index contributed by atoms with van der Waals surface area (Å²) in [5.74, 6) is 0.619. The number of benzene rings is 1. The van der Waals surface area contributed by atoms with E-state index in [-0.39, 0.29) is 11.9 Å². The van der Waals surface area contributed by atoms with E-state index in [9.17, 15) is 4.79 Å². The van der Waals surface area contributed by atoms with Crippen molar-refractivity contribution >= 4 is 16.9 Å². The first-order valence-corrected chi connectivity index (χ1v) is 6.66. The molecule has 3 N–H and O–H groups in total. The summed E-state index contributed by atoms with van der Waals surface area (Å²) in [7, 11) is 0. The molecule has 0 radical (unpaired) electrons. The number of para-hydroxylation sites is 1. The normalized spacial score (nSPS) is 14.3. The Morgan fingerprint density at radius 1 is 1.42 bits per heavy atom. The van der Waals surface area contributed by atoms with Crippen LogP contribution in [0.4, 0.5) is 0 Å². The predicted molar refractivity (Wildman–Crippen MR) is 75.7 cm³/mol. The van der Waals surface area contributed by atoms with E-state index in [1.165, 1.54) is 0 Å². The molecule has 0 saturated heterocycles. The Hall–Kier alpha value is -1.81. The average Bonchev–Trinajstić information content (AvgIpc) is 2.82. The van der Waals surface area contributed by atoms with Gasteiger partial charge in [-0.3, -0.25) is 4.79 Å². The molecule has 102 valence electrons. The maximum atomic E-state index is 11.9. The number of nitrogens with two attached hydrogens (primary N) is 1. The smallest absolute Gasteiger partial charge is 0.237 e. The standard InChI is InChI=1S/C15H20N2O2/c1-3-6-12(16)15(18)17-10(2)14-9-11-7-4-5-8-13(11)19-14/h4-5,7-10,12H,3,6,16H2,1-2H3,(H,17,18)/t10?,12-/m0/s1. The van der Waals surface area contributed by atoms with Crippen LogP contribution in [0.25, 0.3) is 11.0 Å². The third kappa shape index (κ3) is 3.15. The van der Waals surface area contributed by atoms with Crippen LogP contribution in [-0.4, -0.2) is 11.9 Å². The fourth-order valence-corrected chi connectivity index (χ4v) is 2.05. The number of nitrogens with one attached hydrogen (secondary N) is 1. The average molecular weight is 260 g/mol. The number of fused-ring (bicyclic) bond motifs is 1. The van der Waals surface area contributed by atoms with Gasteiger partial charge in [0.2, 0.25) is 5.91 Å². The van der Waals surface area contributed by atoms with Crippen LogP contribution in [-0.2, 0) is 4.79 Å². The van der Waals surface area contributed by atoms with Crippen molar-refractivity contribution in [1.82, 2.24) is 5.32 Å². The van der Waals surface area contributed by atoms with E-state index in [0.29, 0.717) is 6.42 Å². The summed E-state index contributed by atoms with van der Waals surface area (Å²) in [4.78, 5) is 11.9. The third-order valence-corrected chi connectivity index (χ3v) is 3.17. The highest BCUT2D eigenvalue weighted by atomic mass is 16.3. The number of furan rings is 1. The van der Waals surface area contributed by atoms with E-state index in [1.807, 2.05) is 44.2 Å². The van der Waals surface area contributed by atoms with Crippen molar-refractivity contribution in [1.29, 1.82) is 0 Å². The molecule has 0 saturated carbocycles. The van der Waals surface area contributed by atoms with Crippen LogP contribution in [0, 0.1) is 0 Å². The van der Waals surface area contributed by atoms with Gasteiger partial charge in [-0.15, -0.1) is 0 Å². The van der Waals surface area contributed by atoms with Gasteiger partial charge in [0.1, 0.15) is 11.3 Å². The Balaban J connectivity index is 2.07. The zero-order valence-corrected chi connectivity index (χ0v) is 11.3. The number of amides is 1. The number of carbonyl (C=O) groups is 1. The first-order chi connectivity index (χ1) is 9.11. The van der Waals surface area contributed by atoms with Crippen LogP contribution in [0.5, 0.6) is 0 Å². The fraction of sp³-hybridized carbons (Fsp3) is 0.400. The van der Waals surface area contributed by atoms with E-state index in [1.54, 1.807) is 0 Å². The number of carbonyl (C=O) groups excluding carboxylic acids is 1. The first-order valence-electron chi connectivity index (χ1n) is 6.66. The minimum Gasteiger partial charge on any atom is -0.459 e. The Bertz CT molecular complexity index is 529. The molecule has 0 fully saturated rings. The van der Waals surface area contributed by atoms with E-state index in [4.69, 9.17) is 10.2 Å². The Morgan fingerprint density at radius 2 is 2.16 bits per heavy atom. The van der Waals surface area contributed by atoms with Crippen LogP contribution >= 0.6 is 0 Å². The second-order valence-corrected chi connectivity index (χ2v) is 4.81. The van der Waals surface area contributed by atoms with Gasteiger partial charge < -0.3 is 15.5 Å². The molecular weight excluding hydrogens is 240 g/mol. The van der Waals surface area contributed by atoms with Crippen LogP contribution in [0.15, 0.2) is 34.7 Å². The molecule has 1 aromatic heterocycles. The number of rotatable bonds is 5. The van der Waals surface area contributed by atoms with Gasteiger partial charge in [-0.05, 0) is 25.5 Å². The van der Waals surface area contributed by atoms with Gasteiger partial charge in [0.05, 0.1) is 12.1 Å². The van der Waals surface area contributed by atoms with Gasteiger partial charge >= 0.3 is 0 Å². The lowest BCUT2D eigenvalue weighted by Crippen LogP contribution is -2.41. The number of hydrogen-bond acceptors (Lipinski definition) is 3. The summed E-state index contributed by atoms with van der Waals surface area (Å²) in [6.07, 6.45) is 1.59. The Kier molecular flexibility index (Phi) is 4.22. The van der Waals surface area contributed by atoms with Gasteiger partial charge in [-0.2, -0.15) is 0 Å². The maximum Gasteiger partial charge on any atom is 0.237 e. The molecule has 1 heterocycles. The summed E-state index contributed by atoms with van der Waals surface area (Å²) in [6, 6.07) is 9.11. The first kappa shape index (κ1) is 13.6. The summed E-state index contributed by atoms with van der Waals surface area (Å²) < 4.78 is 5.71. The zero-order chi connectivity index (χ0) is 13.8. The molecule has 1 unspecified atom stereocenters. The van der Waals surface area contributed by atoms with Crippen molar-refractivity contribution in [2.45, 2.75) is 38.8 Å². The summed E-state index contributed by atoms with van der Waals surface area (Å²) in [6.45, 7) is 3.91. The minimum atomic E-state index is -0.447. The van der Waals surface area contributed by atoms with E-state index < -0.39 is 6.04 Å². The molecule has 1 amide bonds. The van der Waals surface area contributed by atoms with Crippen molar-refractivity contribution < 1.29 is 9.21 Å². The maximum absolute atomic E-state index is 11.9. The van der Waals surface area contributed by atoms with Crippen LogP contribution < -0.4 is 11.1 Å². The topological polar surface area (TPSA) is 68.3 Å². The van der Waals surface area contributed by atoms with Crippen molar-refractivity contribution in [3.63, 3.8) is 0 Å². The number of hydrogen-bond donors (Lipinski definition) is 2. The SMILES string of the molecule is CCC[C@H](N)C(=O)NC(C)c1cc2ccccc2o1. The van der Waals surface area contributed by atoms with E-state index in [0.717, 1.165) is 23.2 Å². The van der Waals surface area contributed by atoms with Crippen molar-refractivity contribution in [2.24, 2.45) is 5.73 Å². The lowest BCUT2D eigenvalue weighted by atomic mass is 10.1. The molecule has 0 aliphatic heterocycles. The van der Waals surface area contributed by atoms with Crippen LogP contribution in [0.1, 0.15) is 38.5 Å². The molecule has 0 spiro atoms. The summed E-state index contributed by atoms with van der Waals surface area (Å²) in [5, 5.41) is 3.92. The Labute approximate surface area is 113 Å².